The van der Waals surface area contributed by atoms with E-state index in [2.05, 4.69) is 22.2 Å². The summed E-state index contributed by atoms with van der Waals surface area (Å²) < 4.78 is 29.1. The van der Waals surface area contributed by atoms with Crippen molar-refractivity contribution in [2.75, 3.05) is 10.8 Å². The molecule has 0 aliphatic carbocycles. The molecule has 2 aromatic heterocycles. The quantitative estimate of drug-likeness (QED) is 0.391. The maximum Gasteiger partial charge on any atom is 0.276 e. The number of hydrogen-bond acceptors (Lipinski definition) is 4. The number of nitrogens with one attached hydrogen (secondary N) is 1. The Labute approximate surface area is 199 Å². The molecule has 2 heterocycles. The third-order valence-electron chi connectivity index (χ3n) is 5.80. The summed E-state index contributed by atoms with van der Waals surface area (Å²) >= 11 is 0. The summed E-state index contributed by atoms with van der Waals surface area (Å²) in [6.07, 6.45) is 3.70. The van der Waals surface area contributed by atoms with Crippen molar-refractivity contribution in [2.45, 2.75) is 38.0 Å². The Bertz CT molecular complexity index is 1390. The smallest absolute Gasteiger partial charge is 0.276 e. The molecule has 8 heteroatoms. The number of H-pyrrole nitrogens is 1. The Morgan fingerprint density at radius 3 is 2.24 bits per heavy atom. The Balaban J connectivity index is 1.54. The van der Waals surface area contributed by atoms with Gasteiger partial charge in [-0.05, 0) is 62.9 Å². The van der Waals surface area contributed by atoms with Gasteiger partial charge in [-0.15, -0.1) is 0 Å². The molecule has 0 radical (unpaired) electrons. The fourth-order valence-electron chi connectivity index (χ4n) is 4.02. The lowest BCUT2D eigenvalue weighted by Crippen LogP contribution is -2.30. The second-order valence-electron chi connectivity index (χ2n) is 8.05. The van der Waals surface area contributed by atoms with E-state index < -0.39 is 10.0 Å². The summed E-state index contributed by atoms with van der Waals surface area (Å²) in [5, 5.41) is 3.08. The molecule has 0 saturated heterocycles. The standard InChI is InChI=1S/C26H28N4O3S/c1-3-29(22-14-8-5-9-15-22)34(32,33)23-17-18-25(27-19-23)30-26(31)24(20(2)28-30)16-10-13-21-11-6-4-7-12-21/h4-9,11-12,14-15,17-19,28H,3,10,13,16H2,1-2H3. The van der Waals surface area contributed by atoms with E-state index >= 15 is 0 Å². The van der Waals surface area contributed by atoms with Crippen LogP contribution in [0.25, 0.3) is 5.82 Å². The molecule has 2 aromatic carbocycles. The minimum Gasteiger partial charge on any atom is -0.294 e. The topological polar surface area (TPSA) is 88.1 Å². The lowest BCUT2D eigenvalue weighted by molar-refractivity contribution is 0.591. The van der Waals surface area contributed by atoms with E-state index in [9.17, 15) is 13.2 Å². The third kappa shape index (κ3) is 4.82. The monoisotopic (exact) mass is 476 g/mol. The van der Waals surface area contributed by atoms with E-state index in [-0.39, 0.29) is 17.0 Å². The summed E-state index contributed by atoms with van der Waals surface area (Å²) in [5.41, 5.74) is 3.18. The van der Waals surface area contributed by atoms with Crippen LogP contribution in [-0.4, -0.2) is 29.7 Å². The third-order valence-corrected chi connectivity index (χ3v) is 7.68. The zero-order valence-electron chi connectivity index (χ0n) is 19.3. The molecule has 0 aliphatic heterocycles. The van der Waals surface area contributed by atoms with Crippen LogP contribution in [0.2, 0.25) is 0 Å². The van der Waals surface area contributed by atoms with Gasteiger partial charge in [0, 0.05) is 24.0 Å². The number of sulfonamides is 1. The maximum atomic E-state index is 13.2. The molecule has 0 saturated carbocycles. The lowest BCUT2D eigenvalue weighted by Gasteiger charge is -2.22. The highest BCUT2D eigenvalue weighted by Crippen LogP contribution is 2.23. The number of nitrogens with zero attached hydrogens (tertiary/aromatic N) is 3. The number of benzene rings is 2. The van der Waals surface area contributed by atoms with E-state index in [0.29, 0.717) is 17.9 Å². The number of aryl methyl sites for hydroxylation is 2. The Morgan fingerprint density at radius 2 is 1.62 bits per heavy atom. The summed E-state index contributed by atoms with van der Waals surface area (Å²) in [7, 11) is -3.78. The number of aromatic amines is 1. The van der Waals surface area contributed by atoms with E-state index in [0.717, 1.165) is 24.1 Å². The van der Waals surface area contributed by atoms with Gasteiger partial charge in [0.2, 0.25) is 0 Å². The van der Waals surface area contributed by atoms with Gasteiger partial charge in [0.1, 0.15) is 4.90 Å². The van der Waals surface area contributed by atoms with Gasteiger partial charge in [-0.2, -0.15) is 0 Å². The molecule has 4 rings (SSSR count). The van der Waals surface area contributed by atoms with E-state index in [1.807, 2.05) is 31.2 Å². The van der Waals surface area contributed by atoms with Gasteiger partial charge in [-0.1, -0.05) is 48.5 Å². The van der Waals surface area contributed by atoms with Crippen LogP contribution in [0.5, 0.6) is 0 Å². The number of anilines is 1. The summed E-state index contributed by atoms with van der Waals surface area (Å²) in [6, 6.07) is 22.2. The molecule has 0 bridgehead atoms. The highest BCUT2D eigenvalue weighted by Gasteiger charge is 2.24. The van der Waals surface area contributed by atoms with Crippen molar-refractivity contribution in [1.29, 1.82) is 0 Å². The molecule has 1 N–H and O–H groups in total. The number of aromatic nitrogens is 3. The highest BCUT2D eigenvalue weighted by atomic mass is 32.2. The van der Waals surface area contributed by atoms with Crippen molar-refractivity contribution in [3.8, 4) is 5.82 Å². The molecule has 0 atom stereocenters. The summed E-state index contributed by atoms with van der Waals surface area (Å²) in [4.78, 5) is 17.4. The minimum absolute atomic E-state index is 0.0707. The zero-order valence-corrected chi connectivity index (χ0v) is 20.1. The van der Waals surface area contributed by atoms with Crippen molar-refractivity contribution in [3.05, 3.63) is 106 Å². The Kier molecular flexibility index (Phi) is 6.98. The predicted octanol–water partition coefficient (Wildman–Crippen LogP) is 4.26. The molecule has 0 aliphatic rings. The molecule has 0 spiro atoms. The maximum absolute atomic E-state index is 13.2. The van der Waals surface area contributed by atoms with E-state index in [1.165, 1.54) is 26.8 Å². The first-order valence-electron chi connectivity index (χ1n) is 11.3. The first kappa shape index (κ1) is 23.5. The fraction of sp³-hybridized carbons (Fsp3) is 0.231. The number of hydrogen-bond donors (Lipinski definition) is 1. The highest BCUT2D eigenvalue weighted by molar-refractivity contribution is 7.92. The average molecular weight is 477 g/mol. The minimum atomic E-state index is -3.78. The van der Waals surface area contributed by atoms with Crippen molar-refractivity contribution in [2.24, 2.45) is 0 Å². The van der Waals surface area contributed by atoms with Gasteiger partial charge in [-0.3, -0.25) is 14.2 Å². The van der Waals surface area contributed by atoms with Gasteiger partial charge in [0.15, 0.2) is 5.82 Å². The first-order valence-corrected chi connectivity index (χ1v) is 12.7. The lowest BCUT2D eigenvalue weighted by atomic mass is 10.0. The van der Waals surface area contributed by atoms with Gasteiger partial charge in [-0.25, -0.2) is 18.1 Å². The zero-order chi connectivity index (χ0) is 24.1. The largest absolute Gasteiger partial charge is 0.294 e. The molecule has 0 amide bonds. The number of para-hydroxylation sites is 1. The van der Waals surface area contributed by atoms with Crippen LogP contribution in [0.3, 0.4) is 0 Å². The van der Waals surface area contributed by atoms with Crippen LogP contribution in [0, 0.1) is 6.92 Å². The molecular weight excluding hydrogens is 448 g/mol. The Hall–Kier alpha value is -3.65. The molecule has 0 fully saturated rings. The van der Waals surface area contributed by atoms with Gasteiger partial charge >= 0.3 is 0 Å². The predicted molar refractivity (Wildman–Crippen MR) is 134 cm³/mol. The number of pyridine rings is 1. The first-order chi connectivity index (χ1) is 16.4. The van der Waals surface area contributed by atoms with Crippen molar-refractivity contribution >= 4 is 15.7 Å². The Morgan fingerprint density at radius 1 is 0.941 bits per heavy atom. The molecule has 176 valence electrons. The van der Waals surface area contributed by atoms with Crippen LogP contribution >= 0.6 is 0 Å². The normalized spacial score (nSPS) is 11.5. The summed E-state index contributed by atoms with van der Waals surface area (Å²) in [5.74, 6) is 0.351. The van der Waals surface area contributed by atoms with Crippen LogP contribution < -0.4 is 9.86 Å². The van der Waals surface area contributed by atoms with Crippen molar-refractivity contribution in [3.63, 3.8) is 0 Å². The average Bonchev–Trinajstić information content (AvgIpc) is 3.14. The van der Waals surface area contributed by atoms with Gasteiger partial charge < -0.3 is 0 Å². The van der Waals surface area contributed by atoms with Crippen LogP contribution in [0.4, 0.5) is 5.69 Å². The SMILES string of the molecule is CCN(c1ccccc1)S(=O)(=O)c1ccc(-n2[nH]c(C)c(CCCc3ccccc3)c2=O)nc1. The summed E-state index contributed by atoms with van der Waals surface area (Å²) in [6.45, 7) is 3.94. The molecule has 0 unspecified atom stereocenters. The van der Waals surface area contributed by atoms with Gasteiger partial charge in [0.25, 0.3) is 15.6 Å². The second-order valence-corrected chi connectivity index (χ2v) is 9.91. The number of rotatable bonds is 9. The van der Waals surface area contributed by atoms with Gasteiger partial charge in [0.05, 0.1) is 5.69 Å². The van der Waals surface area contributed by atoms with Crippen molar-refractivity contribution < 1.29 is 8.42 Å². The van der Waals surface area contributed by atoms with Crippen molar-refractivity contribution in [1.82, 2.24) is 14.8 Å². The van der Waals surface area contributed by atoms with Crippen LogP contribution in [0.15, 0.2) is 88.7 Å². The van der Waals surface area contributed by atoms with Crippen LogP contribution in [-0.2, 0) is 22.9 Å². The van der Waals surface area contributed by atoms with E-state index in [1.54, 1.807) is 37.3 Å². The fourth-order valence-corrected chi connectivity index (χ4v) is 5.44. The molecule has 34 heavy (non-hydrogen) atoms. The molecular formula is C26H28N4O3S. The van der Waals surface area contributed by atoms with Crippen LogP contribution in [0.1, 0.15) is 30.2 Å². The second kappa shape index (κ2) is 10.1. The van der Waals surface area contributed by atoms with E-state index in [4.69, 9.17) is 0 Å². The molecule has 7 nitrogen and oxygen atoms in total. The molecule has 4 aromatic rings.